The second-order valence-corrected chi connectivity index (χ2v) is 5.16. The van der Waals surface area contributed by atoms with Crippen LogP contribution in [0.3, 0.4) is 0 Å². The fraction of sp³-hybridized carbons (Fsp3) is 0.400. The molecule has 0 fully saturated rings. The molecule has 2 rings (SSSR count). The lowest BCUT2D eigenvalue weighted by Crippen LogP contribution is -2.18. The van der Waals surface area contributed by atoms with Gasteiger partial charge in [-0.1, -0.05) is 13.8 Å². The van der Waals surface area contributed by atoms with Crippen LogP contribution in [0.2, 0.25) is 0 Å². The summed E-state index contributed by atoms with van der Waals surface area (Å²) in [6, 6.07) is 1.93. The number of alkyl halides is 3. The zero-order valence-corrected chi connectivity index (χ0v) is 12.7. The largest absolute Gasteiger partial charge is 0.462 e. The van der Waals surface area contributed by atoms with Gasteiger partial charge in [0.15, 0.2) is 11.3 Å². The summed E-state index contributed by atoms with van der Waals surface area (Å²) in [5, 5.41) is 0.00273. The first-order valence-electron chi connectivity index (χ1n) is 6.90. The Hall–Kier alpha value is -2.25. The second-order valence-electron chi connectivity index (χ2n) is 5.16. The maximum Gasteiger partial charge on any atom is 0.434 e. The van der Waals surface area contributed by atoms with Crippen LogP contribution in [0.5, 0.6) is 0 Å². The highest BCUT2D eigenvalue weighted by molar-refractivity contribution is 5.94. The highest BCUT2D eigenvalue weighted by Crippen LogP contribution is 2.33. The van der Waals surface area contributed by atoms with E-state index in [0.717, 1.165) is 12.1 Å². The molecule has 0 bridgehead atoms. The first-order valence-corrected chi connectivity index (χ1v) is 6.90. The van der Waals surface area contributed by atoms with Crippen LogP contribution in [0.1, 0.15) is 48.4 Å². The van der Waals surface area contributed by atoms with E-state index in [1.54, 1.807) is 13.8 Å². The zero-order chi connectivity index (χ0) is 17.4. The van der Waals surface area contributed by atoms with Crippen molar-refractivity contribution in [3.63, 3.8) is 0 Å². The molecule has 0 atom stereocenters. The minimum atomic E-state index is -4.86. The molecular formula is C15H14F4N2O2. The molecule has 0 aliphatic carbocycles. The minimum absolute atomic E-state index is 0.00273. The molecule has 23 heavy (non-hydrogen) atoms. The van der Waals surface area contributed by atoms with Crippen molar-refractivity contribution in [2.45, 2.75) is 32.9 Å². The molecular weight excluding hydrogens is 316 g/mol. The first-order chi connectivity index (χ1) is 10.6. The molecule has 0 aliphatic rings. The molecule has 0 saturated heterocycles. The summed E-state index contributed by atoms with van der Waals surface area (Å²) in [7, 11) is 0. The van der Waals surface area contributed by atoms with Gasteiger partial charge in [-0.05, 0) is 25.0 Å². The lowest BCUT2D eigenvalue weighted by Gasteiger charge is -2.13. The van der Waals surface area contributed by atoms with Crippen molar-refractivity contribution in [1.29, 1.82) is 0 Å². The topological polar surface area (TPSA) is 52.1 Å². The monoisotopic (exact) mass is 330 g/mol. The molecule has 0 N–H and O–H groups in total. The van der Waals surface area contributed by atoms with E-state index in [-0.39, 0.29) is 29.3 Å². The van der Waals surface area contributed by atoms with Crippen molar-refractivity contribution in [2.75, 3.05) is 6.61 Å². The van der Waals surface area contributed by atoms with Crippen LogP contribution in [0.15, 0.2) is 12.1 Å². The van der Waals surface area contributed by atoms with Gasteiger partial charge in [0, 0.05) is 5.39 Å². The molecule has 2 aromatic rings. The van der Waals surface area contributed by atoms with Crippen LogP contribution in [0, 0.1) is 5.82 Å². The highest BCUT2D eigenvalue weighted by Gasteiger charge is 2.38. The molecule has 2 aromatic heterocycles. The third-order valence-electron chi connectivity index (χ3n) is 3.09. The van der Waals surface area contributed by atoms with E-state index < -0.39 is 29.2 Å². The van der Waals surface area contributed by atoms with Crippen molar-refractivity contribution < 1.29 is 27.1 Å². The van der Waals surface area contributed by atoms with Gasteiger partial charge in [0.2, 0.25) is 0 Å². The van der Waals surface area contributed by atoms with E-state index in [1.165, 1.54) is 6.92 Å². The van der Waals surface area contributed by atoms with Gasteiger partial charge in [0.25, 0.3) is 0 Å². The standard InChI is InChI=1S/C15H14F4N2O2/c1-4-23-14(22)9-5-8-6-10(16)11(7(2)3)20-13(8)21-12(9)15(17,18)19/h5-7H,4H2,1-3H3. The highest BCUT2D eigenvalue weighted by atomic mass is 19.4. The Balaban J connectivity index is 2.75. The summed E-state index contributed by atoms with van der Waals surface area (Å²) >= 11 is 0. The van der Waals surface area contributed by atoms with E-state index in [9.17, 15) is 22.4 Å². The van der Waals surface area contributed by atoms with Crippen LogP contribution in [-0.4, -0.2) is 22.5 Å². The van der Waals surface area contributed by atoms with Gasteiger partial charge < -0.3 is 4.74 Å². The number of hydrogen-bond acceptors (Lipinski definition) is 4. The molecule has 2 heterocycles. The number of fused-ring (bicyclic) bond motifs is 1. The Morgan fingerprint density at radius 1 is 1.26 bits per heavy atom. The average molecular weight is 330 g/mol. The van der Waals surface area contributed by atoms with Crippen molar-refractivity contribution in [2.24, 2.45) is 0 Å². The predicted molar refractivity (Wildman–Crippen MR) is 74.5 cm³/mol. The maximum atomic E-state index is 14.0. The molecule has 0 unspecified atom stereocenters. The van der Waals surface area contributed by atoms with E-state index in [2.05, 4.69) is 14.7 Å². The predicted octanol–water partition coefficient (Wildman–Crippen LogP) is 4.09. The second kappa shape index (κ2) is 6.10. The minimum Gasteiger partial charge on any atom is -0.462 e. The Kier molecular flexibility index (Phi) is 4.53. The van der Waals surface area contributed by atoms with Crippen molar-refractivity contribution in [3.05, 3.63) is 34.9 Å². The first kappa shape index (κ1) is 17.1. The lowest BCUT2D eigenvalue weighted by molar-refractivity contribution is -0.141. The summed E-state index contributed by atoms with van der Waals surface area (Å²) < 4.78 is 58.0. The number of nitrogens with zero attached hydrogens (tertiary/aromatic N) is 2. The number of carbonyl (C=O) groups excluding carboxylic acids is 1. The van der Waals surface area contributed by atoms with Crippen molar-refractivity contribution in [1.82, 2.24) is 9.97 Å². The zero-order valence-electron chi connectivity index (χ0n) is 12.7. The third kappa shape index (κ3) is 3.40. The van der Waals surface area contributed by atoms with Gasteiger partial charge in [-0.2, -0.15) is 13.2 Å². The number of hydrogen-bond donors (Lipinski definition) is 0. The third-order valence-corrected chi connectivity index (χ3v) is 3.09. The van der Waals surface area contributed by atoms with Crippen LogP contribution in [0.25, 0.3) is 11.0 Å². The maximum absolute atomic E-state index is 14.0. The summed E-state index contributed by atoms with van der Waals surface area (Å²) in [6.45, 7) is 4.70. The van der Waals surface area contributed by atoms with Crippen molar-refractivity contribution >= 4 is 17.0 Å². The molecule has 0 aromatic carbocycles. The molecule has 124 valence electrons. The molecule has 4 nitrogen and oxygen atoms in total. The fourth-order valence-corrected chi connectivity index (χ4v) is 2.08. The molecule has 0 spiro atoms. The Morgan fingerprint density at radius 2 is 1.91 bits per heavy atom. The Bertz CT molecular complexity index is 757. The summed E-state index contributed by atoms with van der Waals surface area (Å²) in [5.74, 6) is -2.15. The van der Waals surface area contributed by atoms with Gasteiger partial charge in [-0.3, -0.25) is 0 Å². The summed E-state index contributed by atoms with van der Waals surface area (Å²) in [5.41, 5.74) is -2.40. The van der Waals surface area contributed by atoms with Crippen LogP contribution in [-0.2, 0) is 10.9 Å². The quantitative estimate of drug-likeness (QED) is 0.628. The number of carbonyl (C=O) groups is 1. The fourth-order valence-electron chi connectivity index (χ4n) is 2.08. The number of rotatable bonds is 3. The lowest BCUT2D eigenvalue weighted by atomic mass is 10.1. The number of halogens is 4. The Labute approximate surface area is 129 Å². The molecule has 0 aliphatic heterocycles. The summed E-state index contributed by atoms with van der Waals surface area (Å²) in [6.07, 6.45) is -4.86. The van der Waals surface area contributed by atoms with Crippen LogP contribution in [0.4, 0.5) is 17.6 Å². The van der Waals surface area contributed by atoms with E-state index >= 15 is 0 Å². The normalized spacial score (nSPS) is 12.0. The number of aromatic nitrogens is 2. The van der Waals surface area contributed by atoms with E-state index in [4.69, 9.17) is 0 Å². The van der Waals surface area contributed by atoms with Gasteiger partial charge in [-0.15, -0.1) is 0 Å². The molecule has 8 heteroatoms. The van der Waals surface area contributed by atoms with E-state index in [1.807, 2.05) is 0 Å². The number of esters is 1. The Morgan fingerprint density at radius 3 is 2.43 bits per heavy atom. The van der Waals surface area contributed by atoms with E-state index in [0.29, 0.717) is 0 Å². The number of ether oxygens (including phenoxy) is 1. The van der Waals surface area contributed by atoms with Crippen molar-refractivity contribution in [3.8, 4) is 0 Å². The average Bonchev–Trinajstić information content (AvgIpc) is 2.44. The SMILES string of the molecule is CCOC(=O)c1cc2cc(F)c(C(C)C)nc2nc1C(F)(F)F. The van der Waals surface area contributed by atoms with Crippen LogP contribution < -0.4 is 0 Å². The molecule has 0 radical (unpaired) electrons. The number of pyridine rings is 2. The smallest absolute Gasteiger partial charge is 0.434 e. The van der Waals surface area contributed by atoms with Gasteiger partial charge in [0.1, 0.15) is 5.82 Å². The van der Waals surface area contributed by atoms with Gasteiger partial charge in [0.05, 0.1) is 17.9 Å². The molecule has 0 amide bonds. The van der Waals surface area contributed by atoms with Crippen LogP contribution >= 0.6 is 0 Å². The summed E-state index contributed by atoms with van der Waals surface area (Å²) in [4.78, 5) is 19.0. The van der Waals surface area contributed by atoms with Gasteiger partial charge in [-0.25, -0.2) is 19.2 Å². The molecule has 0 saturated carbocycles. The van der Waals surface area contributed by atoms with Gasteiger partial charge >= 0.3 is 12.1 Å².